The lowest BCUT2D eigenvalue weighted by Gasteiger charge is -2.08. The summed E-state index contributed by atoms with van der Waals surface area (Å²) in [4.78, 5) is 11.8. The van der Waals surface area contributed by atoms with Crippen LogP contribution >= 0.6 is 0 Å². The first-order valence-corrected chi connectivity index (χ1v) is 7.58. The lowest BCUT2D eigenvalue weighted by molar-refractivity contribution is -0.116. The fraction of sp³-hybridized carbons (Fsp3) is 0.211. The van der Waals surface area contributed by atoms with Gasteiger partial charge in [-0.05, 0) is 35.9 Å². The van der Waals surface area contributed by atoms with Gasteiger partial charge in [0.25, 0.3) is 0 Å². The second kappa shape index (κ2) is 9.25. The molecule has 0 aliphatic rings. The maximum Gasteiger partial charge on any atom is 0.244 e. The molecule has 5 nitrogen and oxygen atoms in total. The number of carbonyl (C=O) groups excluding carboxylic acids is 1. The van der Waals surface area contributed by atoms with Crippen molar-refractivity contribution in [3.63, 3.8) is 0 Å². The number of ether oxygens (including phenoxy) is 3. The second-order valence-electron chi connectivity index (χ2n) is 4.93. The van der Waals surface area contributed by atoms with Crippen molar-refractivity contribution in [3.05, 3.63) is 60.2 Å². The Bertz CT molecular complexity index is 697. The Morgan fingerprint density at radius 1 is 1.00 bits per heavy atom. The van der Waals surface area contributed by atoms with Crippen LogP contribution in [0.1, 0.15) is 5.56 Å². The summed E-state index contributed by atoms with van der Waals surface area (Å²) in [6.45, 7) is 0.796. The molecule has 2 aromatic rings. The summed E-state index contributed by atoms with van der Waals surface area (Å²) in [6.07, 6.45) is 3.22. The lowest BCUT2D eigenvalue weighted by atomic mass is 10.2. The lowest BCUT2D eigenvalue weighted by Crippen LogP contribution is -2.26. The molecular formula is C19H21NO4. The Kier molecular flexibility index (Phi) is 6.71. The third-order valence-corrected chi connectivity index (χ3v) is 3.23. The molecule has 0 atom stereocenters. The van der Waals surface area contributed by atoms with Gasteiger partial charge < -0.3 is 19.5 Å². The maximum atomic E-state index is 11.8. The Morgan fingerprint density at radius 2 is 1.67 bits per heavy atom. The van der Waals surface area contributed by atoms with E-state index in [9.17, 15) is 4.79 Å². The number of methoxy groups -OCH3 is 2. The van der Waals surface area contributed by atoms with Gasteiger partial charge in [-0.2, -0.15) is 0 Å². The highest BCUT2D eigenvalue weighted by Crippen LogP contribution is 2.18. The number of carbonyl (C=O) groups is 1. The van der Waals surface area contributed by atoms with Crippen molar-refractivity contribution in [1.29, 1.82) is 0 Å². The van der Waals surface area contributed by atoms with Gasteiger partial charge in [-0.1, -0.05) is 18.2 Å². The second-order valence-corrected chi connectivity index (χ2v) is 4.93. The van der Waals surface area contributed by atoms with E-state index >= 15 is 0 Å². The molecule has 1 amide bonds. The monoisotopic (exact) mass is 327 g/mol. The fourth-order valence-corrected chi connectivity index (χ4v) is 2.01. The molecule has 0 aliphatic carbocycles. The molecule has 0 bridgehead atoms. The van der Waals surface area contributed by atoms with Crippen LogP contribution in [0.2, 0.25) is 0 Å². The van der Waals surface area contributed by atoms with Gasteiger partial charge >= 0.3 is 0 Å². The van der Waals surface area contributed by atoms with Crippen LogP contribution in [0.25, 0.3) is 6.08 Å². The van der Waals surface area contributed by atoms with Crippen molar-refractivity contribution in [2.75, 3.05) is 27.4 Å². The van der Waals surface area contributed by atoms with Gasteiger partial charge in [-0.3, -0.25) is 4.79 Å². The molecule has 2 rings (SSSR count). The van der Waals surface area contributed by atoms with Gasteiger partial charge in [-0.25, -0.2) is 0 Å². The van der Waals surface area contributed by atoms with E-state index in [1.165, 1.54) is 6.08 Å². The Balaban J connectivity index is 1.73. The molecular weight excluding hydrogens is 306 g/mol. The van der Waals surface area contributed by atoms with Crippen LogP contribution in [0.3, 0.4) is 0 Å². The third-order valence-electron chi connectivity index (χ3n) is 3.23. The summed E-state index contributed by atoms with van der Waals surface area (Å²) in [5.74, 6) is 2.02. The van der Waals surface area contributed by atoms with Crippen molar-refractivity contribution in [2.24, 2.45) is 0 Å². The summed E-state index contributed by atoms with van der Waals surface area (Å²) in [7, 11) is 3.21. The average molecular weight is 327 g/mol. The van der Waals surface area contributed by atoms with Crippen molar-refractivity contribution in [3.8, 4) is 17.2 Å². The molecule has 2 aromatic carbocycles. The molecule has 24 heavy (non-hydrogen) atoms. The molecule has 1 N–H and O–H groups in total. The predicted octanol–water partition coefficient (Wildman–Crippen LogP) is 2.91. The van der Waals surface area contributed by atoms with E-state index in [0.29, 0.717) is 18.9 Å². The Hall–Kier alpha value is -2.95. The third kappa shape index (κ3) is 5.68. The maximum absolute atomic E-state index is 11.8. The van der Waals surface area contributed by atoms with Gasteiger partial charge in [0.15, 0.2) is 0 Å². The first-order chi connectivity index (χ1) is 11.7. The molecule has 0 saturated carbocycles. The van der Waals surface area contributed by atoms with Crippen LogP contribution in [0.5, 0.6) is 17.2 Å². The Morgan fingerprint density at radius 3 is 2.42 bits per heavy atom. The first-order valence-electron chi connectivity index (χ1n) is 7.58. The number of rotatable bonds is 8. The van der Waals surface area contributed by atoms with Crippen LogP contribution in [0, 0.1) is 0 Å². The highest BCUT2D eigenvalue weighted by atomic mass is 16.5. The molecule has 0 radical (unpaired) electrons. The molecule has 5 heteroatoms. The molecule has 0 unspecified atom stereocenters. The Labute approximate surface area is 141 Å². The van der Waals surface area contributed by atoms with E-state index in [1.807, 2.05) is 42.5 Å². The molecule has 0 fully saturated rings. The zero-order valence-electron chi connectivity index (χ0n) is 13.8. The van der Waals surface area contributed by atoms with Crippen LogP contribution in [-0.2, 0) is 4.79 Å². The molecule has 0 aromatic heterocycles. The summed E-state index contributed by atoms with van der Waals surface area (Å²) in [5, 5.41) is 2.77. The van der Waals surface area contributed by atoms with E-state index in [4.69, 9.17) is 14.2 Å². The minimum atomic E-state index is -0.174. The number of hydrogen-bond donors (Lipinski definition) is 1. The van der Waals surface area contributed by atoms with Gasteiger partial charge in [0.2, 0.25) is 5.91 Å². The normalized spacial score (nSPS) is 10.4. The molecule has 0 saturated heterocycles. The van der Waals surface area contributed by atoms with E-state index in [0.717, 1.165) is 17.1 Å². The largest absolute Gasteiger partial charge is 0.497 e. The van der Waals surface area contributed by atoms with Crippen LogP contribution in [0.15, 0.2) is 54.6 Å². The zero-order valence-corrected chi connectivity index (χ0v) is 13.8. The van der Waals surface area contributed by atoms with Crippen LogP contribution in [0.4, 0.5) is 0 Å². The van der Waals surface area contributed by atoms with Crippen molar-refractivity contribution < 1.29 is 19.0 Å². The minimum Gasteiger partial charge on any atom is -0.497 e. The zero-order chi connectivity index (χ0) is 17.2. The van der Waals surface area contributed by atoms with E-state index in [2.05, 4.69) is 5.32 Å². The van der Waals surface area contributed by atoms with Gasteiger partial charge in [0.1, 0.15) is 23.9 Å². The highest BCUT2D eigenvalue weighted by Gasteiger charge is 1.99. The van der Waals surface area contributed by atoms with E-state index < -0.39 is 0 Å². The summed E-state index contributed by atoms with van der Waals surface area (Å²) in [6, 6.07) is 14.8. The van der Waals surface area contributed by atoms with E-state index in [-0.39, 0.29) is 5.91 Å². The van der Waals surface area contributed by atoms with Crippen molar-refractivity contribution in [1.82, 2.24) is 5.32 Å². The summed E-state index contributed by atoms with van der Waals surface area (Å²) in [5.41, 5.74) is 0.900. The highest BCUT2D eigenvalue weighted by molar-refractivity contribution is 5.91. The van der Waals surface area contributed by atoms with E-state index in [1.54, 1.807) is 26.4 Å². The van der Waals surface area contributed by atoms with Gasteiger partial charge in [0, 0.05) is 12.1 Å². The number of hydrogen-bond acceptors (Lipinski definition) is 4. The van der Waals surface area contributed by atoms with Crippen LogP contribution in [-0.4, -0.2) is 33.3 Å². The number of nitrogens with one attached hydrogen (secondary N) is 1. The fourth-order valence-electron chi connectivity index (χ4n) is 2.01. The smallest absolute Gasteiger partial charge is 0.244 e. The first kappa shape index (κ1) is 17.4. The van der Waals surface area contributed by atoms with Crippen molar-refractivity contribution >= 4 is 12.0 Å². The topological polar surface area (TPSA) is 56.8 Å². The van der Waals surface area contributed by atoms with Gasteiger partial charge in [-0.15, -0.1) is 0 Å². The molecule has 0 aliphatic heterocycles. The van der Waals surface area contributed by atoms with Crippen molar-refractivity contribution in [2.45, 2.75) is 0 Å². The quantitative estimate of drug-likeness (QED) is 0.598. The van der Waals surface area contributed by atoms with Crippen LogP contribution < -0.4 is 19.5 Å². The SMILES string of the molecule is COc1cccc(/C=C/C(=O)NCCOc2cccc(OC)c2)c1. The average Bonchev–Trinajstić information content (AvgIpc) is 2.64. The van der Waals surface area contributed by atoms with Gasteiger partial charge in [0.05, 0.1) is 20.8 Å². The molecule has 0 heterocycles. The molecule has 126 valence electrons. The molecule has 0 spiro atoms. The summed E-state index contributed by atoms with van der Waals surface area (Å²) < 4.78 is 15.8. The summed E-state index contributed by atoms with van der Waals surface area (Å²) >= 11 is 0. The minimum absolute atomic E-state index is 0.174. The number of benzene rings is 2. The number of amides is 1. The predicted molar refractivity (Wildman–Crippen MR) is 93.5 cm³/mol. The standard InChI is InChI=1S/C19H21NO4/c1-22-16-6-3-5-15(13-16)9-10-19(21)20-11-12-24-18-8-4-7-17(14-18)23-2/h3-10,13-14H,11-12H2,1-2H3,(H,20,21)/b10-9+.